The van der Waals surface area contributed by atoms with E-state index in [-0.39, 0.29) is 23.1 Å². The molecule has 1 aliphatic rings. The molecule has 2 amide bonds. The van der Waals surface area contributed by atoms with Gasteiger partial charge in [-0.15, -0.1) is 0 Å². The molecule has 5 heteroatoms. The van der Waals surface area contributed by atoms with Gasteiger partial charge in [0.15, 0.2) is 0 Å². The summed E-state index contributed by atoms with van der Waals surface area (Å²) in [5, 5.41) is 3.02. The first-order valence-electron chi connectivity index (χ1n) is 10.1. The van der Waals surface area contributed by atoms with E-state index in [1.807, 2.05) is 29.2 Å². The number of rotatable bonds is 4. The predicted molar refractivity (Wildman–Crippen MR) is 115 cm³/mol. The summed E-state index contributed by atoms with van der Waals surface area (Å²) in [5.41, 5.74) is 2.76. The van der Waals surface area contributed by atoms with Gasteiger partial charge in [0.25, 0.3) is 5.91 Å². The number of carbonyl (C=O) groups excluding carboxylic acids is 2. The SMILES string of the molecule is COc1cccc(C(=O)N2CCC(C(=O)Nc3ccc(C(C)(C)C)cc3)CC2)c1. The van der Waals surface area contributed by atoms with Gasteiger partial charge in [-0.05, 0) is 54.2 Å². The highest BCUT2D eigenvalue weighted by molar-refractivity contribution is 5.95. The second kappa shape index (κ2) is 8.68. The average Bonchev–Trinajstić information content (AvgIpc) is 2.73. The lowest BCUT2D eigenvalue weighted by Gasteiger charge is -2.31. The van der Waals surface area contributed by atoms with Crippen molar-refractivity contribution in [3.63, 3.8) is 0 Å². The van der Waals surface area contributed by atoms with Crippen molar-refractivity contribution in [1.29, 1.82) is 0 Å². The van der Waals surface area contributed by atoms with Gasteiger partial charge in [0.2, 0.25) is 5.91 Å². The molecule has 1 heterocycles. The second-order valence-electron chi connectivity index (χ2n) is 8.62. The Balaban J connectivity index is 1.54. The number of nitrogens with one attached hydrogen (secondary N) is 1. The van der Waals surface area contributed by atoms with Crippen molar-refractivity contribution in [2.45, 2.75) is 39.0 Å². The molecule has 5 nitrogen and oxygen atoms in total. The van der Waals surface area contributed by atoms with Gasteiger partial charge in [-0.1, -0.05) is 39.0 Å². The molecular formula is C24H30N2O3. The summed E-state index contributed by atoms with van der Waals surface area (Å²) in [6, 6.07) is 15.2. The topological polar surface area (TPSA) is 58.6 Å². The fraction of sp³-hybridized carbons (Fsp3) is 0.417. The van der Waals surface area contributed by atoms with Gasteiger partial charge in [0.05, 0.1) is 7.11 Å². The van der Waals surface area contributed by atoms with Gasteiger partial charge in [-0.3, -0.25) is 9.59 Å². The Morgan fingerprint density at radius 1 is 1.03 bits per heavy atom. The molecule has 1 fully saturated rings. The zero-order valence-electron chi connectivity index (χ0n) is 17.7. The van der Waals surface area contributed by atoms with E-state index in [1.54, 1.807) is 19.2 Å². The van der Waals surface area contributed by atoms with Crippen LogP contribution in [0.1, 0.15) is 49.5 Å². The first-order chi connectivity index (χ1) is 13.8. The Morgan fingerprint density at radius 3 is 2.28 bits per heavy atom. The number of likely N-dealkylation sites (tertiary alicyclic amines) is 1. The first-order valence-corrected chi connectivity index (χ1v) is 10.1. The van der Waals surface area contributed by atoms with E-state index in [4.69, 9.17) is 4.74 Å². The summed E-state index contributed by atoms with van der Waals surface area (Å²) < 4.78 is 5.20. The van der Waals surface area contributed by atoms with Crippen LogP contribution in [0.3, 0.4) is 0 Å². The number of amides is 2. The molecule has 1 saturated heterocycles. The molecule has 0 atom stereocenters. The van der Waals surface area contributed by atoms with E-state index < -0.39 is 0 Å². The van der Waals surface area contributed by atoms with Gasteiger partial charge in [-0.25, -0.2) is 0 Å². The number of methoxy groups -OCH3 is 1. The summed E-state index contributed by atoms with van der Waals surface area (Å²) in [6.07, 6.45) is 1.34. The summed E-state index contributed by atoms with van der Waals surface area (Å²) in [4.78, 5) is 27.2. The number of ether oxygens (including phenoxy) is 1. The van der Waals surface area contributed by atoms with Crippen LogP contribution < -0.4 is 10.1 Å². The highest BCUT2D eigenvalue weighted by atomic mass is 16.5. The largest absolute Gasteiger partial charge is 0.497 e. The molecule has 3 rings (SSSR count). The molecule has 2 aromatic rings. The molecule has 0 unspecified atom stereocenters. The summed E-state index contributed by atoms with van der Waals surface area (Å²) in [6.45, 7) is 7.66. The molecule has 0 aliphatic carbocycles. The highest BCUT2D eigenvalue weighted by Crippen LogP contribution is 2.25. The van der Waals surface area contributed by atoms with Gasteiger partial charge >= 0.3 is 0 Å². The van der Waals surface area contributed by atoms with E-state index in [0.717, 1.165) is 5.69 Å². The summed E-state index contributed by atoms with van der Waals surface area (Å²) in [5.74, 6) is 0.608. The van der Waals surface area contributed by atoms with Crippen LogP contribution in [0.25, 0.3) is 0 Å². The van der Waals surface area contributed by atoms with Crippen molar-refractivity contribution in [1.82, 2.24) is 4.90 Å². The lowest BCUT2D eigenvalue weighted by molar-refractivity contribution is -0.121. The monoisotopic (exact) mass is 394 g/mol. The normalized spacial score (nSPS) is 15.1. The van der Waals surface area contributed by atoms with Gasteiger partial charge < -0.3 is 15.0 Å². The number of carbonyl (C=O) groups is 2. The fourth-order valence-electron chi connectivity index (χ4n) is 3.58. The third-order valence-corrected chi connectivity index (χ3v) is 5.49. The van der Waals surface area contributed by atoms with Crippen molar-refractivity contribution >= 4 is 17.5 Å². The molecule has 154 valence electrons. The summed E-state index contributed by atoms with van der Waals surface area (Å²) >= 11 is 0. The Bertz CT molecular complexity index is 860. The van der Waals surface area contributed by atoms with Crippen LogP contribution in [0.4, 0.5) is 5.69 Å². The predicted octanol–water partition coefficient (Wildman–Crippen LogP) is 4.48. The van der Waals surface area contributed by atoms with E-state index in [9.17, 15) is 9.59 Å². The van der Waals surface area contributed by atoms with Gasteiger partial charge in [-0.2, -0.15) is 0 Å². The lowest BCUT2D eigenvalue weighted by Crippen LogP contribution is -2.41. The van der Waals surface area contributed by atoms with Crippen LogP contribution in [-0.2, 0) is 10.2 Å². The Kier molecular flexibility index (Phi) is 6.26. The molecule has 0 saturated carbocycles. The maximum atomic E-state index is 12.7. The van der Waals surface area contributed by atoms with Crippen LogP contribution >= 0.6 is 0 Å². The number of anilines is 1. The quantitative estimate of drug-likeness (QED) is 0.832. The number of hydrogen-bond donors (Lipinski definition) is 1. The standard InChI is InChI=1S/C24H30N2O3/c1-24(2,3)19-8-10-20(11-9-19)25-22(27)17-12-14-26(15-13-17)23(28)18-6-5-7-21(16-18)29-4/h5-11,16-17H,12-15H2,1-4H3,(H,25,27). The van der Waals surface area contributed by atoms with Crippen molar-refractivity contribution < 1.29 is 14.3 Å². The van der Waals surface area contributed by atoms with E-state index in [2.05, 4.69) is 38.2 Å². The molecule has 1 aliphatic heterocycles. The first kappa shape index (κ1) is 20.9. The highest BCUT2D eigenvalue weighted by Gasteiger charge is 2.28. The zero-order valence-corrected chi connectivity index (χ0v) is 17.7. The average molecular weight is 395 g/mol. The molecule has 0 aromatic heterocycles. The second-order valence-corrected chi connectivity index (χ2v) is 8.62. The molecule has 2 aromatic carbocycles. The molecule has 0 radical (unpaired) electrons. The van der Waals surface area contributed by atoms with Crippen LogP contribution in [0.2, 0.25) is 0 Å². The molecule has 0 spiro atoms. The van der Waals surface area contributed by atoms with Crippen LogP contribution in [-0.4, -0.2) is 36.9 Å². The van der Waals surface area contributed by atoms with Crippen LogP contribution in [0, 0.1) is 5.92 Å². The third-order valence-electron chi connectivity index (χ3n) is 5.49. The maximum absolute atomic E-state index is 12.7. The number of piperidine rings is 1. The minimum Gasteiger partial charge on any atom is -0.497 e. The smallest absolute Gasteiger partial charge is 0.253 e. The number of nitrogens with zero attached hydrogens (tertiary/aromatic N) is 1. The minimum absolute atomic E-state index is 0.0134. The molecule has 29 heavy (non-hydrogen) atoms. The Hall–Kier alpha value is -2.82. The van der Waals surface area contributed by atoms with E-state index in [0.29, 0.717) is 37.2 Å². The van der Waals surface area contributed by atoms with Gasteiger partial charge in [0.1, 0.15) is 5.75 Å². The van der Waals surface area contributed by atoms with Crippen molar-refractivity contribution in [2.24, 2.45) is 5.92 Å². The Morgan fingerprint density at radius 2 is 1.69 bits per heavy atom. The summed E-state index contributed by atoms with van der Waals surface area (Å²) in [7, 11) is 1.59. The molecule has 1 N–H and O–H groups in total. The maximum Gasteiger partial charge on any atom is 0.253 e. The Labute approximate surface area is 173 Å². The number of hydrogen-bond acceptors (Lipinski definition) is 3. The lowest BCUT2D eigenvalue weighted by atomic mass is 9.87. The third kappa shape index (κ3) is 5.17. The molecular weight excluding hydrogens is 364 g/mol. The van der Waals surface area contributed by atoms with Crippen molar-refractivity contribution in [3.05, 3.63) is 59.7 Å². The van der Waals surface area contributed by atoms with Crippen molar-refractivity contribution in [2.75, 3.05) is 25.5 Å². The van der Waals surface area contributed by atoms with E-state index >= 15 is 0 Å². The fourth-order valence-corrected chi connectivity index (χ4v) is 3.58. The van der Waals surface area contributed by atoms with Crippen molar-refractivity contribution in [3.8, 4) is 5.75 Å². The molecule has 0 bridgehead atoms. The van der Waals surface area contributed by atoms with E-state index in [1.165, 1.54) is 5.56 Å². The zero-order chi connectivity index (χ0) is 21.0. The number of benzene rings is 2. The van der Waals surface area contributed by atoms with Gasteiger partial charge in [0, 0.05) is 30.3 Å². The van der Waals surface area contributed by atoms with Crippen LogP contribution in [0.15, 0.2) is 48.5 Å². The minimum atomic E-state index is -0.0772. The van der Waals surface area contributed by atoms with Crippen LogP contribution in [0.5, 0.6) is 5.75 Å².